The summed E-state index contributed by atoms with van der Waals surface area (Å²) in [6.07, 6.45) is 0.854. The van der Waals surface area contributed by atoms with Crippen molar-refractivity contribution < 1.29 is 52.7 Å². The van der Waals surface area contributed by atoms with E-state index in [1.807, 2.05) is 13.8 Å². The van der Waals surface area contributed by atoms with Gasteiger partial charge >= 0.3 is 26.2 Å². The first-order valence-corrected chi connectivity index (χ1v) is 15.6. The molecule has 0 amide bonds. The number of ether oxygens (including phenoxy) is 1. The second kappa shape index (κ2) is 11.8. The van der Waals surface area contributed by atoms with Crippen molar-refractivity contribution in [3.63, 3.8) is 0 Å². The molecule has 0 aliphatic heterocycles. The summed E-state index contributed by atoms with van der Waals surface area (Å²) in [5.74, 6) is -13.2. The number of hydrogen-bond acceptors (Lipinski definition) is 7. The summed E-state index contributed by atoms with van der Waals surface area (Å²) in [6, 6.07) is 8.14. The van der Waals surface area contributed by atoms with Crippen molar-refractivity contribution in [3.8, 4) is 11.5 Å². The van der Waals surface area contributed by atoms with Gasteiger partial charge < -0.3 is 8.92 Å². The Labute approximate surface area is 247 Å². The van der Waals surface area contributed by atoms with Gasteiger partial charge in [0.1, 0.15) is 4.90 Å². The van der Waals surface area contributed by atoms with Crippen LogP contribution in [0.1, 0.15) is 42.1 Å². The Morgan fingerprint density at radius 2 is 1.38 bits per heavy atom. The van der Waals surface area contributed by atoms with Crippen LogP contribution in [0.4, 0.5) is 17.6 Å². The molecule has 3 rings (SSSR count). The highest BCUT2D eigenvalue weighted by molar-refractivity contribution is 14.1. The van der Waals surface area contributed by atoms with Crippen molar-refractivity contribution in [2.75, 3.05) is 0 Å². The first-order valence-electron chi connectivity index (χ1n) is 10.6. The van der Waals surface area contributed by atoms with Crippen molar-refractivity contribution in [3.05, 3.63) is 77.9 Å². The lowest BCUT2D eigenvalue weighted by Gasteiger charge is -2.14. The Kier molecular flexibility index (Phi) is 9.56. The average Bonchev–Trinajstić information content (AvgIpc) is 2.86. The minimum absolute atomic E-state index is 0.0475. The molecule has 1 N–H and O–H groups in total. The first kappa shape index (κ1) is 31.5. The summed E-state index contributed by atoms with van der Waals surface area (Å²) < 4.78 is 123. The van der Waals surface area contributed by atoms with Crippen LogP contribution in [0.25, 0.3) is 0 Å². The summed E-state index contributed by atoms with van der Waals surface area (Å²) in [4.78, 5) is 10.1. The van der Waals surface area contributed by atoms with Crippen molar-refractivity contribution in [1.29, 1.82) is 0 Å². The van der Waals surface area contributed by atoms with Crippen LogP contribution in [0, 0.1) is 30.4 Å². The van der Waals surface area contributed by atoms with E-state index in [1.165, 1.54) is 12.1 Å². The zero-order valence-electron chi connectivity index (χ0n) is 19.6. The number of halogens is 6. The summed E-state index contributed by atoms with van der Waals surface area (Å²) in [5.41, 5.74) is 0.508. The molecule has 0 saturated carbocycles. The topological polar surface area (TPSA) is 124 Å². The SMILES string of the molecule is CCC(C)c1ccc(S(=O)(=O)Oc2c(I)cc(C(=O)Oc3c(F)c(F)c(S(=O)(=O)O)c(F)c3F)cc2I)cc1. The minimum atomic E-state index is -5.70. The Morgan fingerprint density at radius 3 is 1.82 bits per heavy atom. The van der Waals surface area contributed by atoms with Gasteiger partial charge in [-0.25, -0.2) is 13.6 Å². The van der Waals surface area contributed by atoms with Crippen molar-refractivity contribution in [2.45, 2.75) is 36.0 Å². The van der Waals surface area contributed by atoms with E-state index in [2.05, 4.69) is 4.74 Å². The molecule has 0 spiro atoms. The Hall–Kier alpha value is -2.03. The molecular formula is C23H16F4I2O8S2. The van der Waals surface area contributed by atoms with E-state index in [0.29, 0.717) is 0 Å². The smallest absolute Gasteiger partial charge is 0.343 e. The van der Waals surface area contributed by atoms with Gasteiger partial charge in [0.2, 0.25) is 17.4 Å². The van der Waals surface area contributed by atoms with Crippen LogP contribution >= 0.6 is 45.2 Å². The predicted molar refractivity (Wildman–Crippen MR) is 146 cm³/mol. The second-order valence-corrected chi connectivity index (χ2v) is 13.2. The Bertz CT molecular complexity index is 1630. The Morgan fingerprint density at radius 1 is 0.897 bits per heavy atom. The zero-order valence-corrected chi connectivity index (χ0v) is 25.6. The summed E-state index contributed by atoms with van der Waals surface area (Å²) in [7, 11) is -10.0. The van der Waals surface area contributed by atoms with Gasteiger partial charge in [-0.2, -0.15) is 25.6 Å². The fraction of sp³-hybridized carbons (Fsp3) is 0.174. The molecule has 3 aromatic rings. The molecule has 1 unspecified atom stereocenters. The van der Waals surface area contributed by atoms with E-state index in [4.69, 9.17) is 8.74 Å². The van der Waals surface area contributed by atoms with Gasteiger partial charge in [-0.1, -0.05) is 26.0 Å². The van der Waals surface area contributed by atoms with E-state index in [0.717, 1.165) is 24.1 Å². The summed E-state index contributed by atoms with van der Waals surface area (Å²) in [6.45, 7) is 3.98. The summed E-state index contributed by atoms with van der Waals surface area (Å²) in [5, 5.41) is 0. The molecule has 8 nitrogen and oxygen atoms in total. The molecule has 0 fully saturated rings. The number of carbonyl (C=O) groups is 1. The molecule has 3 aromatic carbocycles. The second-order valence-electron chi connectivity index (χ2n) is 7.96. The molecular weight excluding hydrogens is 798 g/mol. The molecule has 0 aliphatic rings. The zero-order chi connectivity index (χ0) is 29.4. The average molecular weight is 814 g/mol. The van der Waals surface area contributed by atoms with Crippen LogP contribution in [0.15, 0.2) is 46.2 Å². The van der Waals surface area contributed by atoms with E-state index in [9.17, 15) is 39.2 Å². The highest BCUT2D eigenvalue weighted by Crippen LogP contribution is 2.35. The number of hydrogen-bond donors (Lipinski definition) is 1. The van der Waals surface area contributed by atoms with Crippen molar-refractivity contribution in [1.82, 2.24) is 0 Å². The molecule has 0 saturated heterocycles. The lowest BCUT2D eigenvalue weighted by atomic mass is 9.99. The third-order valence-electron chi connectivity index (χ3n) is 5.41. The highest BCUT2D eigenvalue weighted by atomic mass is 127. The van der Waals surface area contributed by atoms with Gasteiger partial charge in [0.05, 0.1) is 12.7 Å². The van der Waals surface area contributed by atoms with Gasteiger partial charge in [0, 0.05) is 0 Å². The van der Waals surface area contributed by atoms with Crippen LogP contribution in [0.2, 0.25) is 0 Å². The quantitative estimate of drug-likeness (QED) is 0.0543. The fourth-order valence-electron chi connectivity index (χ4n) is 3.17. The number of carbonyl (C=O) groups excluding carboxylic acids is 1. The minimum Gasteiger partial charge on any atom is -0.416 e. The lowest BCUT2D eigenvalue weighted by molar-refractivity contribution is 0.0716. The van der Waals surface area contributed by atoms with Crippen LogP contribution in [0.3, 0.4) is 0 Å². The molecule has 16 heteroatoms. The molecule has 1 atom stereocenters. The van der Waals surface area contributed by atoms with Crippen LogP contribution < -0.4 is 8.92 Å². The number of benzene rings is 3. The van der Waals surface area contributed by atoms with E-state index >= 15 is 0 Å². The molecule has 0 bridgehead atoms. The van der Waals surface area contributed by atoms with Gasteiger partial charge in [0.15, 0.2) is 22.3 Å². The Balaban J connectivity index is 1.92. The molecule has 210 valence electrons. The molecule has 39 heavy (non-hydrogen) atoms. The van der Waals surface area contributed by atoms with Crippen LogP contribution in [-0.2, 0) is 20.2 Å². The summed E-state index contributed by atoms with van der Waals surface area (Å²) >= 11 is 3.25. The maximum absolute atomic E-state index is 14.2. The van der Waals surface area contributed by atoms with Gasteiger partial charge in [-0.15, -0.1) is 0 Å². The third-order valence-corrected chi connectivity index (χ3v) is 9.13. The van der Waals surface area contributed by atoms with E-state index in [-0.39, 0.29) is 23.7 Å². The molecule has 0 heterocycles. The van der Waals surface area contributed by atoms with Crippen LogP contribution in [-0.4, -0.2) is 27.4 Å². The van der Waals surface area contributed by atoms with Crippen LogP contribution in [0.5, 0.6) is 11.5 Å². The maximum Gasteiger partial charge on any atom is 0.343 e. The van der Waals surface area contributed by atoms with Gasteiger partial charge in [-0.3, -0.25) is 4.55 Å². The lowest BCUT2D eigenvalue weighted by Crippen LogP contribution is -2.17. The molecule has 0 aliphatic carbocycles. The van der Waals surface area contributed by atoms with Gasteiger partial charge in [0.25, 0.3) is 0 Å². The largest absolute Gasteiger partial charge is 0.416 e. The normalized spacial score (nSPS) is 12.7. The van der Waals surface area contributed by atoms with Gasteiger partial charge in [-0.05, 0) is 87.3 Å². The third kappa shape index (κ3) is 6.66. The van der Waals surface area contributed by atoms with Crippen molar-refractivity contribution >= 4 is 71.4 Å². The molecule has 0 aromatic heterocycles. The first-order chi connectivity index (χ1) is 18.0. The maximum atomic E-state index is 14.2. The standard InChI is InChI=1S/C23H16F4I2O8S2/c1-3-10(2)11-4-6-13(7-5-11)39(34,35)37-20-14(28)8-12(9-15(20)29)23(30)36-21-16(24)18(26)22(38(31,32)33)19(27)17(21)25/h4-10H,3H2,1-2H3,(H,31,32,33). The predicted octanol–water partition coefficient (Wildman–Crippen LogP) is 6.20. The van der Waals surface area contributed by atoms with E-state index in [1.54, 1.807) is 57.3 Å². The molecule has 0 radical (unpaired) electrons. The highest BCUT2D eigenvalue weighted by Gasteiger charge is 2.34. The number of esters is 1. The monoisotopic (exact) mass is 814 g/mol. The van der Waals surface area contributed by atoms with Crippen molar-refractivity contribution in [2.24, 2.45) is 0 Å². The fourth-order valence-corrected chi connectivity index (χ4v) is 7.06. The van der Waals surface area contributed by atoms with E-state index < -0.39 is 65.7 Å². The number of rotatable bonds is 8.